The van der Waals surface area contributed by atoms with Gasteiger partial charge < -0.3 is 4.74 Å². The van der Waals surface area contributed by atoms with E-state index in [2.05, 4.69) is 0 Å². The van der Waals surface area contributed by atoms with Crippen molar-refractivity contribution < 1.29 is 17.5 Å². The summed E-state index contributed by atoms with van der Waals surface area (Å²) < 4.78 is 47.0. The Hall–Kier alpha value is -1.92. The highest BCUT2D eigenvalue weighted by Gasteiger charge is 2.34. The van der Waals surface area contributed by atoms with Gasteiger partial charge >= 0.3 is 0 Å². The van der Waals surface area contributed by atoms with E-state index < -0.39 is 15.8 Å². The zero-order chi connectivity index (χ0) is 17.9. The number of benzene rings is 2. The molecular weight excluding hydrogens is 341 g/mol. The SMILES string of the molecule is COc1ccc([C@H]2CCCCCN2S(=O)(=O)c2ccccc2F)cc1. The number of ether oxygens (including phenoxy) is 1. The lowest BCUT2D eigenvalue weighted by molar-refractivity contribution is 0.327. The van der Waals surface area contributed by atoms with Crippen LogP contribution in [0.25, 0.3) is 0 Å². The van der Waals surface area contributed by atoms with Gasteiger partial charge in [-0.3, -0.25) is 0 Å². The highest BCUT2D eigenvalue weighted by atomic mass is 32.2. The Morgan fingerprint density at radius 2 is 1.76 bits per heavy atom. The molecule has 1 aliphatic rings. The molecule has 0 amide bonds. The summed E-state index contributed by atoms with van der Waals surface area (Å²) in [7, 11) is -2.31. The molecular formula is C19H22FNO3S. The fourth-order valence-corrected chi connectivity index (χ4v) is 5.06. The fourth-order valence-electron chi connectivity index (χ4n) is 3.31. The van der Waals surface area contributed by atoms with Gasteiger partial charge in [0.25, 0.3) is 0 Å². The highest BCUT2D eigenvalue weighted by molar-refractivity contribution is 7.89. The van der Waals surface area contributed by atoms with E-state index >= 15 is 0 Å². The summed E-state index contributed by atoms with van der Waals surface area (Å²) in [6.45, 7) is 0.396. The predicted octanol–water partition coefficient (Wildman–Crippen LogP) is 4.14. The normalized spacial score (nSPS) is 19.4. The smallest absolute Gasteiger partial charge is 0.246 e. The van der Waals surface area contributed by atoms with Crippen LogP contribution in [0, 0.1) is 5.82 Å². The Morgan fingerprint density at radius 1 is 1.04 bits per heavy atom. The summed E-state index contributed by atoms with van der Waals surface area (Å²) in [5.41, 5.74) is 0.905. The first-order valence-electron chi connectivity index (χ1n) is 8.44. The van der Waals surface area contributed by atoms with Gasteiger partial charge in [0.1, 0.15) is 16.5 Å². The third-order valence-electron chi connectivity index (χ3n) is 4.63. The van der Waals surface area contributed by atoms with Crippen LogP contribution in [0.5, 0.6) is 5.75 Å². The molecule has 2 aromatic rings. The highest BCUT2D eigenvalue weighted by Crippen LogP contribution is 2.35. The van der Waals surface area contributed by atoms with E-state index in [4.69, 9.17) is 4.74 Å². The summed E-state index contributed by atoms with van der Waals surface area (Å²) in [6.07, 6.45) is 3.41. The van der Waals surface area contributed by atoms with Crippen LogP contribution in [0.15, 0.2) is 53.4 Å². The Kier molecular flexibility index (Phi) is 5.39. The number of methoxy groups -OCH3 is 1. The van der Waals surface area contributed by atoms with Gasteiger partial charge in [-0.15, -0.1) is 0 Å². The zero-order valence-corrected chi connectivity index (χ0v) is 15.0. The molecule has 0 aliphatic carbocycles. The predicted molar refractivity (Wildman–Crippen MR) is 94.5 cm³/mol. The minimum atomic E-state index is -3.90. The molecule has 25 heavy (non-hydrogen) atoms. The molecule has 0 radical (unpaired) electrons. The molecule has 1 fully saturated rings. The number of nitrogens with zero attached hydrogens (tertiary/aromatic N) is 1. The largest absolute Gasteiger partial charge is 0.497 e. The molecule has 0 bridgehead atoms. The third-order valence-corrected chi connectivity index (χ3v) is 6.57. The van der Waals surface area contributed by atoms with Crippen LogP contribution in [-0.4, -0.2) is 26.4 Å². The van der Waals surface area contributed by atoms with Crippen molar-refractivity contribution in [2.24, 2.45) is 0 Å². The van der Waals surface area contributed by atoms with E-state index in [1.54, 1.807) is 13.2 Å². The second-order valence-corrected chi connectivity index (χ2v) is 8.04. The maximum absolute atomic E-state index is 14.1. The standard InChI is InChI=1S/C19H22FNO3S/c1-24-16-12-10-15(11-13-16)18-8-3-2-6-14-21(18)25(22,23)19-9-5-4-7-17(19)20/h4-5,7,9-13,18H,2-3,6,8,14H2,1H3/t18-/m1/s1. The van der Waals surface area contributed by atoms with Crippen molar-refractivity contribution in [2.45, 2.75) is 36.6 Å². The lowest BCUT2D eigenvalue weighted by Crippen LogP contribution is -2.35. The molecule has 0 spiro atoms. The fraction of sp³-hybridized carbons (Fsp3) is 0.368. The minimum Gasteiger partial charge on any atom is -0.497 e. The molecule has 2 aromatic carbocycles. The van der Waals surface area contributed by atoms with Crippen molar-refractivity contribution in [1.29, 1.82) is 0 Å². The van der Waals surface area contributed by atoms with Crippen molar-refractivity contribution in [3.8, 4) is 5.75 Å². The number of halogens is 1. The monoisotopic (exact) mass is 363 g/mol. The average Bonchev–Trinajstić information content (AvgIpc) is 2.88. The summed E-state index contributed by atoms with van der Waals surface area (Å²) in [5.74, 6) is 0.0149. The second kappa shape index (κ2) is 7.54. The number of sulfonamides is 1. The van der Waals surface area contributed by atoms with Gasteiger partial charge in [0.15, 0.2) is 0 Å². The summed E-state index contributed by atoms with van der Waals surface area (Å²) >= 11 is 0. The quantitative estimate of drug-likeness (QED) is 0.820. The van der Waals surface area contributed by atoms with E-state index in [1.165, 1.54) is 22.5 Å². The van der Waals surface area contributed by atoms with E-state index in [9.17, 15) is 12.8 Å². The number of hydrogen-bond acceptors (Lipinski definition) is 3. The Bertz CT molecular complexity index is 821. The van der Waals surface area contributed by atoms with Crippen LogP contribution in [0.1, 0.15) is 37.3 Å². The van der Waals surface area contributed by atoms with Gasteiger partial charge in [-0.05, 0) is 42.7 Å². The summed E-state index contributed by atoms with van der Waals surface area (Å²) in [5, 5.41) is 0. The maximum Gasteiger partial charge on any atom is 0.246 e. The van der Waals surface area contributed by atoms with Crippen LogP contribution in [-0.2, 0) is 10.0 Å². The van der Waals surface area contributed by atoms with Crippen LogP contribution in [0.4, 0.5) is 4.39 Å². The molecule has 0 N–H and O–H groups in total. The molecule has 0 unspecified atom stereocenters. The third kappa shape index (κ3) is 3.70. The van der Waals surface area contributed by atoms with Crippen molar-refractivity contribution in [3.63, 3.8) is 0 Å². The maximum atomic E-state index is 14.1. The van der Waals surface area contributed by atoms with E-state index in [0.717, 1.165) is 37.0 Å². The molecule has 6 heteroatoms. The van der Waals surface area contributed by atoms with Crippen molar-refractivity contribution in [2.75, 3.05) is 13.7 Å². The van der Waals surface area contributed by atoms with E-state index in [1.807, 2.05) is 24.3 Å². The van der Waals surface area contributed by atoms with Crippen molar-refractivity contribution in [1.82, 2.24) is 4.31 Å². The van der Waals surface area contributed by atoms with Crippen molar-refractivity contribution in [3.05, 3.63) is 59.9 Å². The molecule has 0 saturated carbocycles. The molecule has 1 aliphatic heterocycles. The van der Waals surface area contributed by atoms with Gasteiger partial charge in [-0.1, -0.05) is 37.1 Å². The Balaban J connectivity index is 2.01. The van der Waals surface area contributed by atoms with Crippen LogP contribution in [0.2, 0.25) is 0 Å². The Morgan fingerprint density at radius 3 is 2.44 bits per heavy atom. The lowest BCUT2D eigenvalue weighted by atomic mass is 10.0. The van der Waals surface area contributed by atoms with Crippen LogP contribution in [0.3, 0.4) is 0 Å². The topological polar surface area (TPSA) is 46.6 Å². The number of hydrogen-bond donors (Lipinski definition) is 0. The van der Waals surface area contributed by atoms with Gasteiger partial charge in [-0.2, -0.15) is 4.31 Å². The zero-order valence-electron chi connectivity index (χ0n) is 14.2. The van der Waals surface area contributed by atoms with Gasteiger partial charge in [-0.25, -0.2) is 12.8 Å². The average molecular weight is 363 g/mol. The van der Waals surface area contributed by atoms with Crippen molar-refractivity contribution >= 4 is 10.0 Å². The molecule has 0 aromatic heterocycles. The molecule has 1 heterocycles. The molecule has 3 rings (SSSR count). The van der Waals surface area contributed by atoms with Crippen LogP contribution < -0.4 is 4.74 Å². The Labute approximate surface area is 148 Å². The first-order valence-corrected chi connectivity index (χ1v) is 9.88. The molecule has 4 nitrogen and oxygen atoms in total. The van der Waals surface area contributed by atoms with Gasteiger partial charge in [0, 0.05) is 6.54 Å². The molecule has 1 saturated heterocycles. The first kappa shape index (κ1) is 17.9. The first-order chi connectivity index (χ1) is 12.0. The molecule has 1 atom stereocenters. The summed E-state index contributed by atoms with van der Waals surface area (Å²) in [6, 6.07) is 12.7. The van der Waals surface area contributed by atoms with E-state index in [-0.39, 0.29) is 10.9 Å². The van der Waals surface area contributed by atoms with Gasteiger partial charge in [0.2, 0.25) is 10.0 Å². The van der Waals surface area contributed by atoms with E-state index in [0.29, 0.717) is 6.54 Å². The summed E-state index contributed by atoms with van der Waals surface area (Å²) in [4.78, 5) is -0.254. The molecule has 134 valence electrons. The van der Waals surface area contributed by atoms with Gasteiger partial charge in [0.05, 0.1) is 13.2 Å². The lowest BCUT2D eigenvalue weighted by Gasteiger charge is -2.29. The second-order valence-electron chi connectivity index (χ2n) is 6.18. The van der Waals surface area contributed by atoms with Crippen LogP contribution >= 0.6 is 0 Å². The minimum absolute atomic E-state index is 0.254. The number of rotatable bonds is 4.